The molecule has 1 aromatic carbocycles. The Kier molecular flexibility index (Phi) is 4.32. The van der Waals surface area contributed by atoms with E-state index in [1.54, 1.807) is 0 Å². The summed E-state index contributed by atoms with van der Waals surface area (Å²) in [6.45, 7) is -0.805. The third-order valence-electron chi connectivity index (χ3n) is 3.53. The molecule has 0 aromatic heterocycles. The Labute approximate surface area is 114 Å². The molecular weight excluding hydrogens is 271 g/mol. The second kappa shape index (κ2) is 5.83. The molecule has 1 amide bonds. The minimum absolute atomic E-state index is 0.430. The van der Waals surface area contributed by atoms with Crippen LogP contribution in [0.5, 0.6) is 0 Å². The predicted molar refractivity (Wildman–Crippen MR) is 67.2 cm³/mol. The summed E-state index contributed by atoms with van der Waals surface area (Å²) in [5.41, 5.74) is 1.94. The van der Waals surface area contributed by atoms with E-state index in [9.17, 15) is 18.0 Å². The molecule has 0 saturated heterocycles. The summed E-state index contributed by atoms with van der Waals surface area (Å²) < 4.78 is 36.5. The van der Waals surface area contributed by atoms with E-state index in [4.69, 9.17) is 5.11 Å². The van der Waals surface area contributed by atoms with Gasteiger partial charge in [-0.1, -0.05) is 24.3 Å². The van der Waals surface area contributed by atoms with E-state index in [1.807, 2.05) is 24.3 Å². The van der Waals surface area contributed by atoms with Crippen molar-refractivity contribution in [2.24, 2.45) is 0 Å². The van der Waals surface area contributed by atoms with Crippen LogP contribution in [0.15, 0.2) is 24.3 Å². The number of halogens is 3. The van der Waals surface area contributed by atoms with E-state index < -0.39 is 30.7 Å². The number of aliphatic hydroxyl groups excluding tert-OH is 1. The standard InChI is InChI=1S/C14H16F3NO2/c15-14(16,17)12(19)8-18-13(20)11-7-3-5-9-4-1-2-6-10(9)11/h1-2,4,6,11-12,19H,3,5,7-8H2,(H,18,20). The van der Waals surface area contributed by atoms with Gasteiger partial charge < -0.3 is 10.4 Å². The van der Waals surface area contributed by atoms with Crippen LogP contribution in [-0.4, -0.2) is 29.8 Å². The van der Waals surface area contributed by atoms with Crippen molar-refractivity contribution in [1.29, 1.82) is 0 Å². The zero-order chi connectivity index (χ0) is 14.8. The highest BCUT2D eigenvalue weighted by molar-refractivity contribution is 5.84. The maximum Gasteiger partial charge on any atom is 0.416 e. The summed E-state index contributed by atoms with van der Waals surface area (Å²) in [4.78, 5) is 12.0. The normalized spacial score (nSPS) is 20.1. The van der Waals surface area contributed by atoms with Gasteiger partial charge in [0.1, 0.15) is 0 Å². The average molecular weight is 287 g/mol. The van der Waals surface area contributed by atoms with Gasteiger partial charge in [-0.3, -0.25) is 4.79 Å². The van der Waals surface area contributed by atoms with E-state index >= 15 is 0 Å². The molecule has 20 heavy (non-hydrogen) atoms. The summed E-state index contributed by atoms with van der Waals surface area (Å²) in [6, 6.07) is 7.46. The van der Waals surface area contributed by atoms with Crippen molar-refractivity contribution in [1.82, 2.24) is 5.32 Å². The minimum atomic E-state index is -4.71. The molecule has 2 N–H and O–H groups in total. The van der Waals surface area contributed by atoms with E-state index in [1.165, 1.54) is 0 Å². The minimum Gasteiger partial charge on any atom is -0.382 e. The van der Waals surface area contributed by atoms with Gasteiger partial charge in [-0.25, -0.2) is 0 Å². The number of carbonyl (C=O) groups excluding carboxylic acids is 1. The van der Waals surface area contributed by atoms with Gasteiger partial charge in [0, 0.05) is 0 Å². The molecule has 0 heterocycles. The Morgan fingerprint density at radius 2 is 2.10 bits per heavy atom. The lowest BCUT2D eigenvalue weighted by molar-refractivity contribution is -0.201. The number of benzene rings is 1. The molecule has 2 atom stereocenters. The van der Waals surface area contributed by atoms with E-state index in [0.29, 0.717) is 6.42 Å². The highest BCUT2D eigenvalue weighted by atomic mass is 19.4. The number of nitrogens with one attached hydrogen (secondary N) is 1. The molecule has 6 heteroatoms. The van der Waals surface area contributed by atoms with Crippen LogP contribution in [-0.2, 0) is 11.2 Å². The first-order chi connectivity index (χ1) is 9.39. The first-order valence-corrected chi connectivity index (χ1v) is 6.50. The molecule has 1 aliphatic carbocycles. The summed E-state index contributed by atoms with van der Waals surface area (Å²) in [6.07, 6.45) is -4.91. The molecule has 0 aliphatic heterocycles. The van der Waals surface area contributed by atoms with Gasteiger partial charge in [-0.15, -0.1) is 0 Å². The predicted octanol–water partition coefficient (Wildman–Crippen LogP) is 2.15. The Hall–Kier alpha value is -1.56. The largest absolute Gasteiger partial charge is 0.416 e. The fraction of sp³-hybridized carbons (Fsp3) is 0.500. The smallest absolute Gasteiger partial charge is 0.382 e. The van der Waals surface area contributed by atoms with Crippen molar-refractivity contribution in [2.45, 2.75) is 37.5 Å². The highest BCUT2D eigenvalue weighted by Gasteiger charge is 2.38. The Balaban J connectivity index is 2.01. The van der Waals surface area contributed by atoms with Gasteiger partial charge >= 0.3 is 6.18 Å². The topological polar surface area (TPSA) is 49.3 Å². The Morgan fingerprint density at radius 1 is 1.40 bits per heavy atom. The molecule has 0 saturated carbocycles. The maximum absolute atomic E-state index is 12.2. The zero-order valence-electron chi connectivity index (χ0n) is 10.8. The number of amides is 1. The SMILES string of the molecule is O=C(NCC(O)C(F)(F)F)C1CCCc2ccccc21. The summed E-state index contributed by atoms with van der Waals surface area (Å²) >= 11 is 0. The van der Waals surface area contributed by atoms with Gasteiger partial charge in [0.15, 0.2) is 6.10 Å². The quantitative estimate of drug-likeness (QED) is 0.895. The number of alkyl halides is 3. The van der Waals surface area contributed by atoms with E-state index in [-0.39, 0.29) is 0 Å². The highest BCUT2D eigenvalue weighted by Crippen LogP contribution is 2.31. The van der Waals surface area contributed by atoms with Gasteiger partial charge in [-0.05, 0) is 30.4 Å². The van der Waals surface area contributed by atoms with Crippen LogP contribution in [0.4, 0.5) is 13.2 Å². The maximum atomic E-state index is 12.2. The number of aliphatic hydroxyl groups is 1. The third kappa shape index (κ3) is 3.30. The fourth-order valence-electron chi connectivity index (χ4n) is 2.46. The van der Waals surface area contributed by atoms with Crippen LogP contribution in [0.3, 0.4) is 0 Å². The number of hydrogen-bond donors (Lipinski definition) is 2. The van der Waals surface area contributed by atoms with Crippen molar-refractivity contribution < 1.29 is 23.1 Å². The fourth-order valence-corrected chi connectivity index (χ4v) is 2.46. The van der Waals surface area contributed by atoms with Gasteiger partial charge in [0.25, 0.3) is 0 Å². The molecule has 2 unspecified atom stereocenters. The lowest BCUT2D eigenvalue weighted by Gasteiger charge is -2.25. The lowest BCUT2D eigenvalue weighted by atomic mass is 9.82. The molecule has 0 radical (unpaired) electrons. The molecule has 0 fully saturated rings. The molecule has 1 aromatic rings. The monoisotopic (exact) mass is 287 g/mol. The first-order valence-electron chi connectivity index (χ1n) is 6.50. The molecule has 3 nitrogen and oxygen atoms in total. The average Bonchev–Trinajstić information content (AvgIpc) is 2.42. The number of rotatable bonds is 3. The number of hydrogen-bond acceptors (Lipinski definition) is 2. The zero-order valence-corrected chi connectivity index (χ0v) is 10.8. The molecule has 110 valence electrons. The summed E-state index contributed by atoms with van der Waals surface area (Å²) in [7, 11) is 0. The second-order valence-corrected chi connectivity index (χ2v) is 4.95. The van der Waals surface area contributed by atoms with Crippen molar-refractivity contribution in [3.8, 4) is 0 Å². The molecule has 1 aliphatic rings. The summed E-state index contributed by atoms with van der Waals surface area (Å²) in [5.74, 6) is -0.888. The Bertz CT molecular complexity index is 488. The molecule has 2 rings (SSSR count). The molecular formula is C14H16F3NO2. The third-order valence-corrected chi connectivity index (χ3v) is 3.53. The van der Waals surface area contributed by atoms with Crippen molar-refractivity contribution in [2.75, 3.05) is 6.54 Å². The van der Waals surface area contributed by atoms with Crippen LogP contribution in [0.2, 0.25) is 0 Å². The van der Waals surface area contributed by atoms with Crippen molar-refractivity contribution in [3.63, 3.8) is 0 Å². The van der Waals surface area contributed by atoms with Gasteiger partial charge in [0.05, 0.1) is 12.5 Å². The first kappa shape index (κ1) is 14.8. The van der Waals surface area contributed by atoms with Gasteiger partial charge in [0.2, 0.25) is 5.91 Å². The molecule has 0 bridgehead atoms. The number of aryl methyl sites for hydroxylation is 1. The van der Waals surface area contributed by atoms with Crippen LogP contribution in [0.1, 0.15) is 29.9 Å². The van der Waals surface area contributed by atoms with Crippen LogP contribution >= 0.6 is 0 Å². The molecule has 0 spiro atoms. The van der Waals surface area contributed by atoms with E-state index in [2.05, 4.69) is 5.32 Å². The second-order valence-electron chi connectivity index (χ2n) is 4.95. The van der Waals surface area contributed by atoms with E-state index in [0.717, 1.165) is 24.0 Å². The van der Waals surface area contributed by atoms with Gasteiger partial charge in [-0.2, -0.15) is 13.2 Å². The number of carbonyl (C=O) groups is 1. The number of fused-ring (bicyclic) bond motifs is 1. The van der Waals surface area contributed by atoms with Crippen LogP contribution in [0.25, 0.3) is 0 Å². The van der Waals surface area contributed by atoms with Crippen LogP contribution < -0.4 is 5.32 Å². The summed E-state index contributed by atoms with van der Waals surface area (Å²) in [5, 5.41) is 11.1. The van der Waals surface area contributed by atoms with Crippen molar-refractivity contribution >= 4 is 5.91 Å². The lowest BCUT2D eigenvalue weighted by Crippen LogP contribution is -2.42. The van der Waals surface area contributed by atoms with Crippen molar-refractivity contribution in [3.05, 3.63) is 35.4 Å². The van der Waals surface area contributed by atoms with Crippen LogP contribution in [0, 0.1) is 0 Å². The Morgan fingerprint density at radius 3 is 2.80 bits per heavy atom.